The predicted molar refractivity (Wildman–Crippen MR) is 75.2 cm³/mol. The Labute approximate surface area is 110 Å². The van der Waals surface area contributed by atoms with Gasteiger partial charge in [-0.3, -0.25) is 0 Å². The molecule has 18 heavy (non-hydrogen) atoms. The van der Waals surface area contributed by atoms with Gasteiger partial charge in [0.25, 0.3) is 0 Å². The molecule has 0 amide bonds. The average Bonchev–Trinajstić information content (AvgIpc) is 2.39. The van der Waals surface area contributed by atoms with Crippen LogP contribution in [-0.2, 0) is 11.3 Å². The van der Waals surface area contributed by atoms with Gasteiger partial charge in [-0.2, -0.15) is 0 Å². The summed E-state index contributed by atoms with van der Waals surface area (Å²) in [5, 5.41) is 10.2. The van der Waals surface area contributed by atoms with Crippen LogP contribution in [0.15, 0.2) is 43.0 Å². The number of hydrogen-bond donors (Lipinski definition) is 1. The first-order valence-electron chi connectivity index (χ1n) is 6.40. The number of aliphatic hydroxyl groups excluding tert-OH is 1. The van der Waals surface area contributed by atoms with Crippen molar-refractivity contribution in [3.05, 3.63) is 48.6 Å². The third kappa shape index (κ3) is 4.28. The van der Waals surface area contributed by atoms with Crippen molar-refractivity contribution in [1.29, 1.82) is 0 Å². The highest BCUT2D eigenvalue weighted by molar-refractivity contribution is 5.13. The van der Waals surface area contributed by atoms with Gasteiger partial charge in [0.2, 0.25) is 0 Å². The molecule has 0 aliphatic carbocycles. The van der Waals surface area contributed by atoms with Crippen LogP contribution in [0.2, 0.25) is 0 Å². The number of ether oxygens (including phenoxy) is 1. The van der Waals surface area contributed by atoms with Crippen LogP contribution in [0.1, 0.15) is 26.3 Å². The summed E-state index contributed by atoms with van der Waals surface area (Å²) in [6.07, 6.45) is 1.36. The topological polar surface area (TPSA) is 29.5 Å². The summed E-state index contributed by atoms with van der Waals surface area (Å²) in [6, 6.07) is 10.1. The van der Waals surface area contributed by atoms with Crippen molar-refractivity contribution in [2.24, 2.45) is 11.3 Å². The molecular weight excluding hydrogens is 224 g/mol. The monoisotopic (exact) mass is 248 g/mol. The zero-order chi connectivity index (χ0) is 13.6. The van der Waals surface area contributed by atoms with Crippen molar-refractivity contribution in [2.45, 2.75) is 33.5 Å². The van der Waals surface area contributed by atoms with Crippen LogP contribution in [-0.4, -0.2) is 17.8 Å². The zero-order valence-electron chi connectivity index (χ0n) is 11.6. The Morgan fingerprint density at radius 3 is 2.50 bits per heavy atom. The summed E-state index contributed by atoms with van der Waals surface area (Å²) in [4.78, 5) is 0. The van der Waals surface area contributed by atoms with E-state index >= 15 is 0 Å². The van der Waals surface area contributed by atoms with Gasteiger partial charge in [0.15, 0.2) is 0 Å². The lowest BCUT2D eigenvalue weighted by Gasteiger charge is -2.31. The molecule has 0 aliphatic heterocycles. The summed E-state index contributed by atoms with van der Waals surface area (Å²) in [6.45, 7) is 10.9. The molecule has 2 heteroatoms. The smallest absolute Gasteiger partial charge is 0.0717 e. The maximum absolute atomic E-state index is 10.2. The number of aliphatic hydroxyl groups is 1. The number of rotatable bonds is 7. The highest BCUT2D eigenvalue weighted by Crippen LogP contribution is 2.27. The molecule has 0 aromatic heterocycles. The van der Waals surface area contributed by atoms with E-state index in [2.05, 4.69) is 6.58 Å². The second-order valence-electron chi connectivity index (χ2n) is 5.45. The molecule has 2 atom stereocenters. The fraction of sp³-hybridized carbons (Fsp3) is 0.500. The SMILES string of the molecule is C=CC(C)(C)[C@H](O)[C@H](C)COCc1ccccc1. The van der Waals surface area contributed by atoms with Crippen LogP contribution in [0.25, 0.3) is 0 Å². The molecule has 0 heterocycles. The zero-order valence-corrected chi connectivity index (χ0v) is 11.6. The van der Waals surface area contributed by atoms with Gasteiger partial charge < -0.3 is 9.84 Å². The highest BCUT2D eigenvalue weighted by Gasteiger charge is 2.29. The lowest BCUT2D eigenvalue weighted by atomic mass is 9.80. The second-order valence-corrected chi connectivity index (χ2v) is 5.45. The first kappa shape index (κ1) is 14.9. The van der Waals surface area contributed by atoms with E-state index in [4.69, 9.17) is 4.74 Å². The van der Waals surface area contributed by atoms with Gasteiger partial charge in [0.05, 0.1) is 19.3 Å². The summed E-state index contributed by atoms with van der Waals surface area (Å²) in [5.74, 6) is 0.0849. The van der Waals surface area contributed by atoms with Crippen LogP contribution in [0.4, 0.5) is 0 Å². The maximum atomic E-state index is 10.2. The van der Waals surface area contributed by atoms with Gasteiger partial charge in [0.1, 0.15) is 0 Å². The minimum atomic E-state index is -0.439. The van der Waals surface area contributed by atoms with Gasteiger partial charge in [-0.25, -0.2) is 0 Å². The molecule has 0 spiro atoms. The summed E-state index contributed by atoms with van der Waals surface area (Å²) >= 11 is 0. The lowest BCUT2D eigenvalue weighted by molar-refractivity contribution is -0.0140. The number of benzene rings is 1. The first-order chi connectivity index (χ1) is 8.47. The number of hydrogen-bond acceptors (Lipinski definition) is 2. The van der Waals surface area contributed by atoms with E-state index in [1.165, 1.54) is 0 Å². The standard InChI is InChI=1S/C16H24O2/c1-5-16(3,4)15(17)13(2)11-18-12-14-9-7-6-8-10-14/h5-10,13,15,17H,1,11-12H2,2-4H3/t13-,15-/m1/s1. The van der Waals surface area contributed by atoms with Crippen molar-refractivity contribution in [3.63, 3.8) is 0 Å². The molecule has 0 saturated heterocycles. The van der Waals surface area contributed by atoms with E-state index in [1.54, 1.807) is 6.08 Å². The Balaban J connectivity index is 2.37. The Bertz CT molecular complexity index is 357. The van der Waals surface area contributed by atoms with E-state index in [-0.39, 0.29) is 11.3 Å². The molecule has 0 unspecified atom stereocenters. The Morgan fingerprint density at radius 1 is 1.33 bits per heavy atom. The van der Waals surface area contributed by atoms with Gasteiger partial charge in [-0.1, -0.05) is 57.2 Å². The predicted octanol–water partition coefficient (Wildman–Crippen LogP) is 3.41. The molecule has 0 fully saturated rings. The van der Waals surface area contributed by atoms with E-state index < -0.39 is 6.10 Å². The third-order valence-electron chi connectivity index (χ3n) is 3.32. The Morgan fingerprint density at radius 2 is 1.94 bits per heavy atom. The van der Waals surface area contributed by atoms with Crippen LogP contribution in [0.3, 0.4) is 0 Å². The second kappa shape index (κ2) is 6.72. The van der Waals surface area contributed by atoms with Crippen molar-refractivity contribution in [3.8, 4) is 0 Å². The molecule has 1 rings (SSSR count). The van der Waals surface area contributed by atoms with Gasteiger partial charge >= 0.3 is 0 Å². The van der Waals surface area contributed by atoms with E-state index in [0.29, 0.717) is 13.2 Å². The molecule has 0 radical (unpaired) electrons. The van der Waals surface area contributed by atoms with Gasteiger partial charge in [0, 0.05) is 11.3 Å². The molecule has 1 aromatic rings. The molecule has 1 aromatic carbocycles. The summed E-state index contributed by atoms with van der Waals surface area (Å²) in [7, 11) is 0. The Hall–Kier alpha value is -1.12. The van der Waals surface area contributed by atoms with Crippen molar-refractivity contribution in [2.75, 3.05) is 6.61 Å². The third-order valence-corrected chi connectivity index (χ3v) is 3.32. The lowest BCUT2D eigenvalue weighted by Crippen LogP contribution is -2.35. The molecule has 0 aliphatic rings. The average molecular weight is 248 g/mol. The van der Waals surface area contributed by atoms with Crippen molar-refractivity contribution >= 4 is 0 Å². The fourth-order valence-electron chi connectivity index (χ4n) is 1.88. The van der Waals surface area contributed by atoms with Crippen LogP contribution >= 0.6 is 0 Å². The Kier molecular flexibility index (Phi) is 5.57. The van der Waals surface area contributed by atoms with E-state index in [0.717, 1.165) is 5.56 Å². The molecule has 100 valence electrons. The molecule has 0 saturated carbocycles. The van der Waals surface area contributed by atoms with Crippen LogP contribution in [0, 0.1) is 11.3 Å². The van der Waals surface area contributed by atoms with E-state index in [1.807, 2.05) is 51.1 Å². The first-order valence-corrected chi connectivity index (χ1v) is 6.40. The summed E-state index contributed by atoms with van der Waals surface area (Å²) in [5.41, 5.74) is 0.873. The van der Waals surface area contributed by atoms with Gasteiger partial charge in [-0.05, 0) is 5.56 Å². The molecule has 0 bridgehead atoms. The van der Waals surface area contributed by atoms with Crippen molar-refractivity contribution < 1.29 is 9.84 Å². The fourth-order valence-corrected chi connectivity index (χ4v) is 1.88. The highest BCUT2D eigenvalue weighted by atomic mass is 16.5. The normalized spacial score (nSPS) is 15.1. The molecule has 2 nitrogen and oxygen atoms in total. The summed E-state index contributed by atoms with van der Waals surface area (Å²) < 4.78 is 5.65. The largest absolute Gasteiger partial charge is 0.392 e. The maximum Gasteiger partial charge on any atom is 0.0717 e. The van der Waals surface area contributed by atoms with Gasteiger partial charge in [-0.15, -0.1) is 6.58 Å². The minimum absolute atomic E-state index is 0.0849. The van der Waals surface area contributed by atoms with E-state index in [9.17, 15) is 5.11 Å². The van der Waals surface area contributed by atoms with Crippen LogP contribution < -0.4 is 0 Å². The van der Waals surface area contributed by atoms with Crippen molar-refractivity contribution in [1.82, 2.24) is 0 Å². The van der Waals surface area contributed by atoms with Crippen LogP contribution in [0.5, 0.6) is 0 Å². The molecule has 1 N–H and O–H groups in total. The molecular formula is C16H24O2. The quantitative estimate of drug-likeness (QED) is 0.749. The minimum Gasteiger partial charge on any atom is -0.392 e.